The molecule has 1 aliphatic rings. The Morgan fingerprint density at radius 1 is 1.16 bits per heavy atom. The van der Waals surface area contributed by atoms with Gasteiger partial charge in [-0.3, -0.25) is 14.3 Å². The molecule has 2 heterocycles. The zero-order valence-electron chi connectivity index (χ0n) is 16.8. The van der Waals surface area contributed by atoms with E-state index in [1.165, 1.54) is 28.9 Å². The lowest BCUT2D eigenvalue weighted by Gasteiger charge is -2.19. The van der Waals surface area contributed by atoms with Gasteiger partial charge in [-0.2, -0.15) is 18.3 Å². The fraction of sp³-hybridized carbons (Fsp3) is 0.227. The summed E-state index contributed by atoms with van der Waals surface area (Å²) >= 11 is 0. The van der Waals surface area contributed by atoms with E-state index in [0.29, 0.717) is 39.5 Å². The van der Waals surface area contributed by atoms with Crippen LogP contribution in [0.1, 0.15) is 12.1 Å². The van der Waals surface area contributed by atoms with Crippen LogP contribution < -0.4 is 10.1 Å². The molecule has 10 heteroatoms. The summed E-state index contributed by atoms with van der Waals surface area (Å²) < 4.78 is 58.1. The molecule has 1 aromatic heterocycles. The molecular formula is C22H17F4N3O3. The van der Waals surface area contributed by atoms with E-state index in [9.17, 15) is 27.2 Å². The van der Waals surface area contributed by atoms with Crippen molar-refractivity contribution in [1.82, 2.24) is 9.78 Å². The van der Waals surface area contributed by atoms with Crippen molar-refractivity contribution in [2.45, 2.75) is 26.1 Å². The molecule has 0 atom stereocenters. The van der Waals surface area contributed by atoms with Gasteiger partial charge in [-0.15, -0.1) is 0 Å². The molecule has 1 aliphatic heterocycles. The standard InChI is InChI=1S/C22H17F4N3O3/c1-12-20(14-4-7-18-17(8-14)27-19(31)11-32-18)21(13-2-5-15(23)6-3-13)29(28-12)10-16(30)9-22(24,25)26/h2-8H,9-11H2,1H3,(H,27,31). The highest BCUT2D eigenvalue weighted by molar-refractivity contribution is 5.97. The third-order valence-electron chi connectivity index (χ3n) is 4.87. The number of carbonyl (C=O) groups is 2. The minimum Gasteiger partial charge on any atom is -0.482 e. The first-order valence-electron chi connectivity index (χ1n) is 9.59. The Kier molecular flexibility index (Phi) is 5.45. The number of ketones is 1. The largest absolute Gasteiger partial charge is 0.482 e. The first-order chi connectivity index (χ1) is 15.1. The van der Waals surface area contributed by atoms with Gasteiger partial charge < -0.3 is 10.1 Å². The minimum atomic E-state index is -4.63. The van der Waals surface area contributed by atoms with Crippen molar-refractivity contribution in [3.05, 3.63) is 54.0 Å². The van der Waals surface area contributed by atoms with Crippen molar-refractivity contribution in [2.75, 3.05) is 11.9 Å². The molecule has 0 saturated heterocycles. The average molecular weight is 447 g/mol. The molecule has 1 amide bonds. The lowest BCUT2D eigenvalue weighted by atomic mass is 9.98. The molecule has 4 rings (SSSR count). The van der Waals surface area contributed by atoms with E-state index in [2.05, 4.69) is 10.4 Å². The van der Waals surface area contributed by atoms with Crippen LogP contribution >= 0.6 is 0 Å². The number of alkyl halides is 3. The van der Waals surface area contributed by atoms with Crippen molar-refractivity contribution in [1.29, 1.82) is 0 Å². The maximum absolute atomic E-state index is 13.5. The number of halogens is 4. The fourth-order valence-electron chi connectivity index (χ4n) is 3.63. The van der Waals surface area contributed by atoms with Crippen LogP contribution in [0.4, 0.5) is 23.2 Å². The summed E-state index contributed by atoms with van der Waals surface area (Å²) in [6, 6.07) is 10.4. The molecular weight excluding hydrogens is 430 g/mol. The molecule has 2 aromatic carbocycles. The van der Waals surface area contributed by atoms with Crippen molar-refractivity contribution >= 4 is 17.4 Å². The predicted octanol–water partition coefficient (Wildman–Crippen LogP) is 4.52. The lowest BCUT2D eigenvalue weighted by Crippen LogP contribution is -2.25. The third-order valence-corrected chi connectivity index (χ3v) is 4.87. The van der Waals surface area contributed by atoms with Crippen LogP contribution in [-0.4, -0.2) is 34.3 Å². The zero-order chi connectivity index (χ0) is 23.0. The fourth-order valence-corrected chi connectivity index (χ4v) is 3.63. The second-order valence-corrected chi connectivity index (χ2v) is 7.35. The molecule has 0 unspecified atom stereocenters. The van der Waals surface area contributed by atoms with Gasteiger partial charge in [0.2, 0.25) is 0 Å². The Morgan fingerprint density at radius 2 is 1.84 bits per heavy atom. The molecule has 1 N–H and O–H groups in total. The number of benzene rings is 2. The van der Waals surface area contributed by atoms with E-state index in [-0.39, 0.29) is 12.5 Å². The van der Waals surface area contributed by atoms with E-state index in [4.69, 9.17) is 4.74 Å². The number of hydrogen-bond acceptors (Lipinski definition) is 4. The third kappa shape index (κ3) is 4.48. The van der Waals surface area contributed by atoms with Gasteiger partial charge in [0.15, 0.2) is 12.4 Å². The van der Waals surface area contributed by atoms with Crippen molar-refractivity contribution in [2.24, 2.45) is 0 Å². The molecule has 6 nitrogen and oxygen atoms in total. The van der Waals surface area contributed by atoms with Crippen molar-refractivity contribution in [3.63, 3.8) is 0 Å². The Hall–Kier alpha value is -3.69. The van der Waals surface area contributed by atoms with Crippen LogP contribution in [0.15, 0.2) is 42.5 Å². The van der Waals surface area contributed by atoms with Gasteiger partial charge >= 0.3 is 6.18 Å². The van der Waals surface area contributed by atoms with E-state index in [1.54, 1.807) is 25.1 Å². The number of rotatable bonds is 5. The number of ether oxygens (including phenoxy) is 1. The number of nitrogens with one attached hydrogen (secondary N) is 1. The van der Waals surface area contributed by atoms with Gasteiger partial charge in [0.05, 0.1) is 17.1 Å². The van der Waals surface area contributed by atoms with E-state index < -0.39 is 30.7 Å². The van der Waals surface area contributed by atoms with Crippen molar-refractivity contribution < 1.29 is 31.9 Å². The Labute approximate surface area is 179 Å². The summed E-state index contributed by atoms with van der Waals surface area (Å²) in [6.45, 7) is 0.949. The lowest BCUT2D eigenvalue weighted by molar-refractivity contribution is -0.152. The monoisotopic (exact) mass is 447 g/mol. The molecule has 0 aliphatic carbocycles. The Balaban J connectivity index is 1.83. The number of fused-ring (bicyclic) bond motifs is 1. The highest BCUT2D eigenvalue weighted by Crippen LogP contribution is 2.39. The topological polar surface area (TPSA) is 73.2 Å². The van der Waals surface area contributed by atoms with Gasteiger partial charge in [0, 0.05) is 11.1 Å². The number of Topliss-reactive ketones (excluding diaryl/α,β-unsaturated/α-hetero) is 1. The normalized spacial score (nSPS) is 13.3. The molecule has 166 valence electrons. The number of amides is 1. The van der Waals surface area contributed by atoms with Gasteiger partial charge in [0.25, 0.3) is 5.91 Å². The van der Waals surface area contributed by atoms with Crippen LogP contribution in [0, 0.1) is 12.7 Å². The summed E-state index contributed by atoms with van der Waals surface area (Å²) in [5.74, 6) is -1.39. The second kappa shape index (κ2) is 8.10. The quantitative estimate of drug-likeness (QED) is 0.584. The number of anilines is 1. The van der Waals surface area contributed by atoms with Crippen LogP contribution in [0.25, 0.3) is 22.4 Å². The van der Waals surface area contributed by atoms with E-state index in [1.807, 2.05) is 0 Å². The van der Waals surface area contributed by atoms with Crippen molar-refractivity contribution in [3.8, 4) is 28.1 Å². The van der Waals surface area contributed by atoms with Gasteiger partial charge in [-0.25, -0.2) is 4.39 Å². The minimum absolute atomic E-state index is 0.106. The van der Waals surface area contributed by atoms with Crippen LogP contribution in [-0.2, 0) is 16.1 Å². The summed E-state index contributed by atoms with van der Waals surface area (Å²) in [7, 11) is 0. The number of carbonyl (C=O) groups excluding carboxylic acids is 2. The average Bonchev–Trinajstić information content (AvgIpc) is 3.02. The van der Waals surface area contributed by atoms with Gasteiger partial charge in [0.1, 0.15) is 24.5 Å². The number of aryl methyl sites for hydroxylation is 1. The second-order valence-electron chi connectivity index (χ2n) is 7.35. The Bertz CT molecular complexity index is 1200. The first kappa shape index (κ1) is 21.5. The smallest absolute Gasteiger partial charge is 0.395 e. The van der Waals surface area contributed by atoms with E-state index >= 15 is 0 Å². The van der Waals surface area contributed by atoms with Gasteiger partial charge in [-0.1, -0.05) is 6.07 Å². The predicted molar refractivity (Wildman–Crippen MR) is 108 cm³/mol. The van der Waals surface area contributed by atoms with Crippen LogP contribution in [0.5, 0.6) is 5.75 Å². The van der Waals surface area contributed by atoms with Crippen LogP contribution in [0.3, 0.4) is 0 Å². The highest BCUT2D eigenvalue weighted by atomic mass is 19.4. The number of nitrogens with zero attached hydrogens (tertiary/aromatic N) is 2. The first-order valence-corrected chi connectivity index (χ1v) is 9.59. The van der Waals surface area contributed by atoms with Gasteiger partial charge in [-0.05, 0) is 48.9 Å². The summed E-state index contributed by atoms with van der Waals surface area (Å²) in [5, 5.41) is 7.00. The molecule has 0 saturated carbocycles. The molecule has 0 radical (unpaired) electrons. The molecule has 0 fully saturated rings. The summed E-state index contributed by atoms with van der Waals surface area (Å²) in [4.78, 5) is 23.7. The zero-order valence-corrected chi connectivity index (χ0v) is 16.8. The summed E-state index contributed by atoms with van der Waals surface area (Å²) in [5.41, 5.74) is 2.86. The maximum atomic E-state index is 13.5. The molecule has 0 spiro atoms. The Morgan fingerprint density at radius 3 is 2.53 bits per heavy atom. The summed E-state index contributed by atoms with van der Waals surface area (Å²) in [6.07, 6.45) is -6.21. The number of hydrogen-bond donors (Lipinski definition) is 1. The molecule has 0 bridgehead atoms. The highest BCUT2D eigenvalue weighted by Gasteiger charge is 2.32. The molecule has 32 heavy (non-hydrogen) atoms. The SMILES string of the molecule is Cc1nn(CC(=O)CC(F)(F)F)c(-c2ccc(F)cc2)c1-c1ccc2c(c1)NC(=O)CO2. The maximum Gasteiger partial charge on any atom is 0.395 e. The molecule has 3 aromatic rings. The van der Waals surface area contributed by atoms with Crippen LogP contribution in [0.2, 0.25) is 0 Å². The number of aromatic nitrogens is 2. The van der Waals surface area contributed by atoms with E-state index in [0.717, 1.165) is 0 Å².